The van der Waals surface area contributed by atoms with E-state index in [-0.39, 0.29) is 12.4 Å². The van der Waals surface area contributed by atoms with Crippen LogP contribution < -0.4 is 25.4 Å². The number of ether oxygens (including phenoxy) is 2. The second-order valence-electron chi connectivity index (χ2n) is 8.65. The minimum atomic E-state index is -0.300. The Morgan fingerprint density at radius 2 is 1.92 bits per heavy atom. The highest BCUT2D eigenvalue weighted by molar-refractivity contribution is 6.32. The van der Waals surface area contributed by atoms with Crippen molar-refractivity contribution in [1.29, 1.82) is 0 Å². The molecular weight excluding hydrogens is 481 g/mol. The van der Waals surface area contributed by atoms with Gasteiger partial charge in [0.25, 0.3) is 0 Å². The van der Waals surface area contributed by atoms with Gasteiger partial charge in [0.2, 0.25) is 0 Å². The second-order valence-corrected chi connectivity index (χ2v) is 9.06. The molecule has 0 radical (unpaired) electrons. The molecule has 0 aliphatic carbocycles. The van der Waals surface area contributed by atoms with E-state index in [1.54, 1.807) is 31.4 Å². The number of hydrogen-bond donors (Lipinski definition) is 3. The molecule has 3 aromatic carbocycles. The van der Waals surface area contributed by atoms with Crippen LogP contribution in [0.5, 0.6) is 11.5 Å². The van der Waals surface area contributed by atoms with Crippen molar-refractivity contribution in [2.75, 3.05) is 30.8 Å². The van der Waals surface area contributed by atoms with Crippen LogP contribution in [0.4, 0.5) is 21.6 Å². The zero-order valence-corrected chi connectivity index (χ0v) is 20.6. The van der Waals surface area contributed by atoms with E-state index in [9.17, 15) is 4.39 Å². The van der Waals surface area contributed by atoms with Crippen LogP contribution >= 0.6 is 11.6 Å². The number of piperidine rings is 1. The lowest BCUT2D eigenvalue weighted by atomic mass is 10.1. The molecule has 1 saturated heterocycles. The second kappa shape index (κ2) is 11.0. The van der Waals surface area contributed by atoms with Gasteiger partial charge in [-0.05, 0) is 67.9 Å². The van der Waals surface area contributed by atoms with Crippen LogP contribution in [-0.2, 0) is 6.61 Å². The summed E-state index contributed by atoms with van der Waals surface area (Å²) >= 11 is 6.48. The summed E-state index contributed by atoms with van der Waals surface area (Å²) in [6.07, 6.45) is 3.61. The van der Waals surface area contributed by atoms with Crippen LogP contribution in [0, 0.1) is 5.82 Å². The number of fused-ring (bicyclic) bond motifs is 1. The molecule has 9 heteroatoms. The first-order valence-corrected chi connectivity index (χ1v) is 12.2. The Labute approximate surface area is 214 Å². The maximum Gasteiger partial charge on any atom is 0.144 e. The van der Waals surface area contributed by atoms with Crippen LogP contribution in [0.25, 0.3) is 10.9 Å². The fourth-order valence-corrected chi connectivity index (χ4v) is 4.51. The summed E-state index contributed by atoms with van der Waals surface area (Å²) in [5.74, 6) is 1.61. The minimum absolute atomic E-state index is 0.218. The Morgan fingerprint density at radius 1 is 1.06 bits per heavy atom. The van der Waals surface area contributed by atoms with Gasteiger partial charge < -0.3 is 25.4 Å². The summed E-state index contributed by atoms with van der Waals surface area (Å²) in [6.45, 7) is 2.20. The molecular formula is C27H27ClFN5O2. The number of nitrogens with zero attached hydrogens (tertiary/aromatic N) is 2. The monoisotopic (exact) mass is 507 g/mol. The van der Waals surface area contributed by atoms with Gasteiger partial charge in [-0.15, -0.1) is 0 Å². The third-order valence-corrected chi connectivity index (χ3v) is 6.43. The van der Waals surface area contributed by atoms with E-state index in [4.69, 9.17) is 21.1 Å². The molecule has 186 valence electrons. The van der Waals surface area contributed by atoms with Crippen molar-refractivity contribution < 1.29 is 13.9 Å². The standard InChI is InChI=1S/C27H27ClFN5O2/c1-35-26-14-23-21(13-24(26)33-19-7-9-30-10-8-19)27(32-16-31-23)34-20-5-6-25(22(28)12-20)36-15-17-3-2-4-18(29)11-17/h2-6,11-14,16,19,30,33H,7-10,15H2,1H3,(H,31,32,34). The highest BCUT2D eigenvalue weighted by Gasteiger charge is 2.17. The van der Waals surface area contributed by atoms with E-state index in [0.29, 0.717) is 22.6 Å². The first-order chi connectivity index (χ1) is 17.6. The number of halogens is 2. The molecule has 0 bridgehead atoms. The third-order valence-electron chi connectivity index (χ3n) is 6.13. The topological polar surface area (TPSA) is 80.3 Å². The number of rotatable bonds is 8. The Bertz CT molecular complexity index is 1360. The molecule has 0 unspecified atom stereocenters. The van der Waals surface area contributed by atoms with Gasteiger partial charge >= 0.3 is 0 Å². The quantitative estimate of drug-likeness (QED) is 0.273. The van der Waals surface area contributed by atoms with Crippen molar-refractivity contribution in [3.05, 3.63) is 77.3 Å². The Hall–Kier alpha value is -3.62. The van der Waals surface area contributed by atoms with Crippen LogP contribution in [0.1, 0.15) is 18.4 Å². The highest BCUT2D eigenvalue weighted by atomic mass is 35.5. The molecule has 0 amide bonds. The molecule has 5 rings (SSSR count). The van der Waals surface area contributed by atoms with E-state index < -0.39 is 0 Å². The van der Waals surface area contributed by atoms with Crippen LogP contribution in [0.3, 0.4) is 0 Å². The predicted molar refractivity (Wildman–Crippen MR) is 141 cm³/mol. The summed E-state index contributed by atoms with van der Waals surface area (Å²) in [7, 11) is 1.66. The van der Waals surface area contributed by atoms with Gasteiger partial charge in [0, 0.05) is 23.2 Å². The van der Waals surface area contributed by atoms with Gasteiger partial charge in [-0.2, -0.15) is 0 Å². The number of anilines is 3. The van der Waals surface area contributed by atoms with Crippen LogP contribution in [0.15, 0.2) is 60.9 Å². The molecule has 0 atom stereocenters. The number of methoxy groups -OCH3 is 1. The van der Waals surface area contributed by atoms with Crippen molar-refractivity contribution >= 4 is 39.7 Å². The van der Waals surface area contributed by atoms with Crippen LogP contribution in [0.2, 0.25) is 5.02 Å². The Kier molecular flexibility index (Phi) is 7.34. The van der Waals surface area contributed by atoms with Gasteiger partial charge in [0.15, 0.2) is 0 Å². The summed E-state index contributed by atoms with van der Waals surface area (Å²) in [6, 6.07) is 16.0. The summed E-state index contributed by atoms with van der Waals surface area (Å²) in [4.78, 5) is 8.90. The van der Waals surface area contributed by atoms with Crippen molar-refractivity contribution in [2.45, 2.75) is 25.5 Å². The van der Waals surface area contributed by atoms with Crippen molar-refractivity contribution in [3.63, 3.8) is 0 Å². The van der Waals surface area contributed by atoms with Crippen molar-refractivity contribution in [3.8, 4) is 11.5 Å². The minimum Gasteiger partial charge on any atom is -0.495 e. The largest absolute Gasteiger partial charge is 0.495 e. The maximum atomic E-state index is 13.4. The average Bonchev–Trinajstić information content (AvgIpc) is 2.89. The molecule has 1 aliphatic rings. The Balaban J connectivity index is 1.36. The predicted octanol–water partition coefficient (Wildman–Crippen LogP) is 5.92. The van der Waals surface area contributed by atoms with E-state index in [1.165, 1.54) is 18.5 Å². The lowest BCUT2D eigenvalue weighted by Crippen LogP contribution is -2.35. The van der Waals surface area contributed by atoms with Gasteiger partial charge in [-0.1, -0.05) is 23.7 Å². The molecule has 7 nitrogen and oxygen atoms in total. The summed E-state index contributed by atoms with van der Waals surface area (Å²) in [5.41, 5.74) is 3.15. The molecule has 2 heterocycles. The van der Waals surface area contributed by atoms with Gasteiger partial charge in [-0.3, -0.25) is 0 Å². The fraction of sp³-hybridized carbons (Fsp3) is 0.259. The fourth-order valence-electron chi connectivity index (χ4n) is 4.27. The van der Waals surface area contributed by atoms with Crippen molar-refractivity contribution in [2.24, 2.45) is 0 Å². The highest BCUT2D eigenvalue weighted by Crippen LogP contribution is 2.35. The Morgan fingerprint density at radius 3 is 2.69 bits per heavy atom. The SMILES string of the molecule is COc1cc2ncnc(Nc3ccc(OCc4cccc(F)c4)c(Cl)c3)c2cc1NC1CCNCC1. The number of aromatic nitrogens is 2. The first kappa shape index (κ1) is 24.1. The van der Waals surface area contributed by atoms with E-state index in [1.807, 2.05) is 18.2 Å². The van der Waals surface area contributed by atoms with Crippen LogP contribution in [-0.4, -0.2) is 36.2 Å². The molecule has 36 heavy (non-hydrogen) atoms. The number of hydrogen-bond acceptors (Lipinski definition) is 7. The zero-order chi connectivity index (χ0) is 24.9. The molecule has 1 aromatic heterocycles. The molecule has 1 fully saturated rings. The molecule has 4 aromatic rings. The third kappa shape index (κ3) is 5.61. The first-order valence-electron chi connectivity index (χ1n) is 11.8. The van der Waals surface area contributed by atoms with E-state index >= 15 is 0 Å². The summed E-state index contributed by atoms with van der Waals surface area (Å²) < 4.78 is 24.8. The van der Waals surface area contributed by atoms with Crippen molar-refractivity contribution in [1.82, 2.24) is 15.3 Å². The van der Waals surface area contributed by atoms with Gasteiger partial charge in [0.1, 0.15) is 36.1 Å². The lowest BCUT2D eigenvalue weighted by molar-refractivity contribution is 0.306. The van der Waals surface area contributed by atoms with E-state index in [2.05, 4.69) is 25.9 Å². The number of nitrogens with one attached hydrogen (secondary N) is 3. The molecule has 0 spiro atoms. The smallest absolute Gasteiger partial charge is 0.144 e. The number of benzene rings is 3. The molecule has 3 N–H and O–H groups in total. The van der Waals surface area contributed by atoms with E-state index in [0.717, 1.165) is 59.5 Å². The average molecular weight is 508 g/mol. The molecule has 1 aliphatic heterocycles. The van der Waals surface area contributed by atoms with Gasteiger partial charge in [0.05, 0.1) is 23.3 Å². The summed E-state index contributed by atoms with van der Waals surface area (Å²) in [5, 5.41) is 11.6. The lowest BCUT2D eigenvalue weighted by Gasteiger charge is -2.25. The normalized spacial score (nSPS) is 14.0. The zero-order valence-electron chi connectivity index (χ0n) is 19.9. The van der Waals surface area contributed by atoms with Gasteiger partial charge in [-0.25, -0.2) is 14.4 Å². The maximum absolute atomic E-state index is 13.4. The molecule has 0 saturated carbocycles.